The van der Waals surface area contributed by atoms with Crippen LogP contribution in [0, 0.1) is 0 Å². The molecule has 2 heterocycles. The zero-order valence-corrected chi connectivity index (χ0v) is 8.03. The third kappa shape index (κ3) is 2.35. The van der Waals surface area contributed by atoms with E-state index in [1.807, 2.05) is 6.07 Å². The lowest BCUT2D eigenvalue weighted by Gasteiger charge is -2.20. The largest absolute Gasteiger partial charge is 0.472 e. The van der Waals surface area contributed by atoms with E-state index in [1.54, 1.807) is 12.5 Å². The Labute approximate surface area is 82.9 Å². The molecule has 0 radical (unpaired) electrons. The number of nitrogens with one attached hydrogen (secondary N) is 1. The highest BCUT2D eigenvalue weighted by Gasteiger charge is 2.31. The molecule has 0 spiro atoms. The van der Waals surface area contributed by atoms with E-state index in [0.717, 1.165) is 12.1 Å². The fourth-order valence-electron chi connectivity index (χ4n) is 1.57. The van der Waals surface area contributed by atoms with Crippen molar-refractivity contribution in [1.29, 1.82) is 0 Å². The van der Waals surface area contributed by atoms with Gasteiger partial charge in [-0.15, -0.1) is 0 Å². The summed E-state index contributed by atoms with van der Waals surface area (Å²) in [7, 11) is 0. The van der Waals surface area contributed by atoms with Gasteiger partial charge in [-0.3, -0.25) is 0 Å². The summed E-state index contributed by atoms with van der Waals surface area (Å²) in [5, 5.41) is 13.1. The number of hydrogen-bond donors (Lipinski definition) is 2. The summed E-state index contributed by atoms with van der Waals surface area (Å²) in [6.45, 7) is 2.38. The maximum absolute atomic E-state index is 9.91. The molecule has 1 atom stereocenters. The van der Waals surface area contributed by atoms with Crippen LogP contribution in [0.1, 0.15) is 12.0 Å². The lowest BCUT2D eigenvalue weighted by atomic mass is 10.0. The molecule has 14 heavy (non-hydrogen) atoms. The summed E-state index contributed by atoms with van der Waals surface area (Å²) in [5.74, 6) is 0. The van der Waals surface area contributed by atoms with Crippen molar-refractivity contribution in [2.45, 2.75) is 18.6 Å². The summed E-state index contributed by atoms with van der Waals surface area (Å²) in [6.07, 6.45) is 4.05. The summed E-state index contributed by atoms with van der Waals surface area (Å²) >= 11 is 0. The van der Waals surface area contributed by atoms with Gasteiger partial charge in [0.1, 0.15) is 5.60 Å². The molecule has 0 aliphatic carbocycles. The van der Waals surface area contributed by atoms with Crippen LogP contribution in [0.4, 0.5) is 0 Å². The number of ether oxygens (including phenoxy) is 1. The molecule has 1 unspecified atom stereocenters. The van der Waals surface area contributed by atoms with Crippen LogP contribution in [0.25, 0.3) is 0 Å². The highest BCUT2D eigenvalue weighted by Crippen LogP contribution is 2.17. The lowest BCUT2D eigenvalue weighted by molar-refractivity contribution is 0.0268. The molecule has 1 saturated heterocycles. The average Bonchev–Trinajstić information content (AvgIpc) is 2.77. The van der Waals surface area contributed by atoms with E-state index >= 15 is 0 Å². The molecule has 1 aliphatic rings. The quantitative estimate of drug-likeness (QED) is 0.739. The van der Waals surface area contributed by atoms with Crippen LogP contribution < -0.4 is 5.32 Å². The first kappa shape index (κ1) is 9.71. The summed E-state index contributed by atoms with van der Waals surface area (Å²) < 4.78 is 10.1. The third-order valence-electron chi connectivity index (χ3n) is 2.45. The Bertz CT molecular complexity index is 265. The van der Waals surface area contributed by atoms with Crippen LogP contribution in [-0.2, 0) is 11.3 Å². The number of rotatable bonds is 4. The Morgan fingerprint density at radius 3 is 3.14 bits per heavy atom. The molecule has 78 valence electrons. The van der Waals surface area contributed by atoms with Gasteiger partial charge in [0, 0.05) is 31.7 Å². The molecule has 0 amide bonds. The monoisotopic (exact) mass is 197 g/mol. The van der Waals surface area contributed by atoms with Crippen molar-refractivity contribution in [3.8, 4) is 0 Å². The van der Waals surface area contributed by atoms with Crippen molar-refractivity contribution < 1.29 is 14.3 Å². The maximum atomic E-state index is 9.91. The molecule has 1 fully saturated rings. The van der Waals surface area contributed by atoms with Gasteiger partial charge >= 0.3 is 0 Å². The van der Waals surface area contributed by atoms with Crippen molar-refractivity contribution in [2.75, 3.05) is 19.8 Å². The van der Waals surface area contributed by atoms with Crippen molar-refractivity contribution >= 4 is 0 Å². The first-order valence-electron chi connectivity index (χ1n) is 4.80. The second-order valence-corrected chi connectivity index (χ2v) is 3.76. The van der Waals surface area contributed by atoms with Crippen LogP contribution in [0.15, 0.2) is 23.0 Å². The molecular weight excluding hydrogens is 182 g/mol. The van der Waals surface area contributed by atoms with Crippen LogP contribution in [0.5, 0.6) is 0 Å². The molecule has 1 aromatic heterocycles. The molecule has 1 aliphatic heterocycles. The van der Waals surface area contributed by atoms with Gasteiger partial charge in [0.15, 0.2) is 0 Å². The summed E-state index contributed by atoms with van der Waals surface area (Å²) in [6, 6.07) is 1.90. The first-order valence-corrected chi connectivity index (χ1v) is 4.80. The zero-order chi connectivity index (χ0) is 9.86. The van der Waals surface area contributed by atoms with Gasteiger partial charge in [-0.2, -0.15) is 0 Å². The van der Waals surface area contributed by atoms with E-state index < -0.39 is 5.60 Å². The predicted molar refractivity (Wildman–Crippen MR) is 50.8 cm³/mol. The number of aliphatic hydroxyl groups is 1. The standard InChI is InChI=1S/C10H15NO3/c12-10(2-4-14-8-10)7-11-5-9-1-3-13-6-9/h1,3,6,11-12H,2,4-5,7-8H2. The van der Waals surface area contributed by atoms with E-state index in [4.69, 9.17) is 9.15 Å². The molecular formula is C10H15NO3. The van der Waals surface area contributed by atoms with Crippen LogP contribution >= 0.6 is 0 Å². The highest BCUT2D eigenvalue weighted by atomic mass is 16.5. The van der Waals surface area contributed by atoms with E-state index in [9.17, 15) is 5.11 Å². The van der Waals surface area contributed by atoms with Gasteiger partial charge in [-0.25, -0.2) is 0 Å². The highest BCUT2D eigenvalue weighted by molar-refractivity contribution is 5.04. The minimum atomic E-state index is -0.677. The van der Waals surface area contributed by atoms with Gasteiger partial charge in [-0.05, 0) is 6.07 Å². The number of furan rings is 1. The third-order valence-corrected chi connectivity index (χ3v) is 2.45. The molecule has 2 rings (SSSR count). The Hall–Kier alpha value is -0.840. The average molecular weight is 197 g/mol. The van der Waals surface area contributed by atoms with Crippen molar-refractivity contribution in [3.05, 3.63) is 24.2 Å². The van der Waals surface area contributed by atoms with Gasteiger partial charge in [-0.1, -0.05) is 0 Å². The van der Waals surface area contributed by atoms with E-state index in [-0.39, 0.29) is 0 Å². The maximum Gasteiger partial charge on any atom is 0.102 e. The molecule has 0 bridgehead atoms. The second-order valence-electron chi connectivity index (χ2n) is 3.76. The number of hydrogen-bond acceptors (Lipinski definition) is 4. The van der Waals surface area contributed by atoms with Crippen molar-refractivity contribution in [3.63, 3.8) is 0 Å². The fourth-order valence-corrected chi connectivity index (χ4v) is 1.57. The molecule has 0 saturated carbocycles. The molecule has 2 N–H and O–H groups in total. The zero-order valence-electron chi connectivity index (χ0n) is 8.03. The van der Waals surface area contributed by atoms with Crippen molar-refractivity contribution in [2.24, 2.45) is 0 Å². The van der Waals surface area contributed by atoms with E-state index in [1.165, 1.54) is 0 Å². The molecule has 1 aromatic rings. The molecule has 4 heteroatoms. The van der Waals surface area contributed by atoms with Crippen LogP contribution in [0.2, 0.25) is 0 Å². The Kier molecular flexibility index (Phi) is 2.86. The van der Waals surface area contributed by atoms with E-state index in [0.29, 0.717) is 26.2 Å². The smallest absolute Gasteiger partial charge is 0.102 e. The fraction of sp³-hybridized carbons (Fsp3) is 0.600. The topological polar surface area (TPSA) is 54.6 Å². The minimum absolute atomic E-state index is 0.436. The first-order chi connectivity index (χ1) is 6.79. The SMILES string of the molecule is OC1(CNCc2ccoc2)CCOC1. The Morgan fingerprint density at radius 1 is 1.57 bits per heavy atom. The van der Waals surface area contributed by atoms with Gasteiger partial charge in [0.05, 0.1) is 19.1 Å². The Morgan fingerprint density at radius 2 is 2.50 bits per heavy atom. The molecule has 4 nitrogen and oxygen atoms in total. The lowest BCUT2D eigenvalue weighted by Crippen LogP contribution is -2.40. The van der Waals surface area contributed by atoms with Crippen LogP contribution in [-0.4, -0.2) is 30.5 Å². The minimum Gasteiger partial charge on any atom is -0.472 e. The molecule has 0 aromatic carbocycles. The van der Waals surface area contributed by atoms with Gasteiger partial charge < -0.3 is 19.6 Å². The van der Waals surface area contributed by atoms with Crippen molar-refractivity contribution in [1.82, 2.24) is 5.32 Å². The van der Waals surface area contributed by atoms with Crippen LogP contribution in [0.3, 0.4) is 0 Å². The van der Waals surface area contributed by atoms with E-state index in [2.05, 4.69) is 5.32 Å². The Balaban J connectivity index is 1.72. The summed E-state index contributed by atoms with van der Waals surface area (Å²) in [5.41, 5.74) is 0.413. The second kappa shape index (κ2) is 4.13. The van der Waals surface area contributed by atoms with Gasteiger partial charge in [0.25, 0.3) is 0 Å². The van der Waals surface area contributed by atoms with Gasteiger partial charge in [0.2, 0.25) is 0 Å². The normalized spacial score (nSPS) is 26.9. The summed E-state index contributed by atoms with van der Waals surface area (Å²) in [4.78, 5) is 0. The predicted octanol–water partition coefficient (Wildman–Crippen LogP) is 0.521.